The normalized spacial score (nSPS) is 20.8. The number of aromatic nitrogens is 2. The van der Waals surface area contributed by atoms with Gasteiger partial charge in [0.25, 0.3) is 0 Å². The van der Waals surface area contributed by atoms with Gasteiger partial charge in [-0.3, -0.25) is 5.32 Å². The molecule has 1 aliphatic carbocycles. The average molecular weight is 318 g/mol. The molecular formula is C15H18N4O2S. The molecule has 2 unspecified atom stereocenters. The lowest BCUT2D eigenvalue weighted by molar-refractivity contribution is 0.133. The lowest BCUT2D eigenvalue weighted by Crippen LogP contribution is -2.35. The number of carbonyl (C=O) groups is 1. The monoisotopic (exact) mass is 318 g/mol. The Kier molecular flexibility index (Phi) is 4.65. The van der Waals surface area contributed by atoms with E-state index in [2.05, 4.69) is 20.8 Å². The fourth-order valence-corrected chi connectivity index (χ4v) is 3.34. The third-order valence-electron chi connectivity index (χ3n) is 3.81. The zero-order chi connectivity index (χ0) is 15.4. The van der Waals surface area contributed by atoms with Crippen molar-refractivity contribution in [1.29, 1.82) is 0 Å². The lowest BCUT2D eigenvalue weighted by atomic mass is 10.1. The summed E-state index contributed by atoms with van der Waals surface area (Å²) in [4.78, 5) is 11.9. The Morgan fingerprint density at radius 3 is 2.82 bits per heavy atom. The number of amides is 2. The Morgan fingerprint density at radius 2 is 2.09 bits per heavy atom. The van der Waals surface area contributed by atoms with Gasteiger partial charge in [-0.1, -0.05) is 48.1 Å². The second kappa shape index (κ2) is 6.85. The first-order valence-corrected chi connectivity index (χ1v) is 8.16. The number of nitrogens with one attached hydrogen (secondary N) is 2. The van der Waals surface area contributed by atoms with Crippen LogP contribution in [0.2, 0.25) is 0 Å². The van der Waals surface area contributed by atoms with E-state index in [1.807, 2.05) is 30.3 Å². The number of hydrogen-bond acceptors (Lipinski definition) is 5. The van der Waals surface area contributed by atoms with Crippen molar-refractivity contribution in [2.75, 3.05) is 11.9 Å². The Morgan fingerprint density at radius 1 is 1.27 bits per heavy atom. The van der Waals surface area contributed by atoms with Crippen LogP contribution in [0.1, 0.15) is 19.3 Å². The molecule has 2 atom stereocenters. The summed E-state index contributed by atoms with van der Waals surface area (Å²) in [7, 11) is 0. The molecule has 22 heavy (non-hydrogen) atoms. The maximum absolute atomic E-state index is 11.9. The number of benzene rings is 1. The van der Waals surface area contributed by atoms with Crippen molar-refractivity contribution >= 4 is 22.5 Å². The minimum Gasteiger partial charge on any atom is -0.393 e. The maximum atomic E-state index is 11.9. The summed E-state index contributed by atoms with van der Waals surface area (Å²) in [6, 6.07) is 9.40. The molecule has 3 rings (SSSR count). The number of rotatable bonds is 4. The zero-order valence-corrected chi connectivity index (χ0v) is 12.8. The highest BCUT2D eigenvalue weighted by atomic mass is 32.1. The minimum atomic E-state index is -0.310. The van der Waals surface area contributed by atoms with Crippen LogP contribution in [-0.2, 0) is 0 Å². The van der Waals surface area contributed by atoms with Crippen molar-refractivity contribution in [2.45, 2.75) is 25.4 Å². The number of nitrogens with zero attached hydrogens (tertiary/aromatic N) is 2. The third-order valence-corrected chi connectivity index (χ3v) is 4.70. The number of aliphatic hydroxyl groups is 1. The van der Waals surface area contributed by atoms with E-state index in [9.17, 15) is 9.90 Å². The molecule has 1 aromatic heterocycles. The van der Waals surface area contributed by atoms with Gasteiger partial charge in [-0.05, 0) is 12.8 Å². The summed E-state index contributed by atoms with van der Waals surface area (Å²) in [5.74, 6) is 0.153. The fourth-order valence-electron chi connectivity index (χ4n) is 2.59. The summed E-state index contributed by atoms with van der Waals surface area (Å²) in [6.07, 6.45) is 2.50. The Balaban J connectivity index is 1.53. The number of urea groups is 1. The fraction of sp³-hybridized carbons (Fsp3) is 0.400. The smallest absolute Gasteiger partial charge is 0.321 e. The zero-order valence-electron chi connectivity index (χ0n) is 12.0. The highest BCUT2D eigenvalue weighted by Gasteiger charge is 2.25. The van der Waals surface area contributed by atoms with Crippen LogP contribution in [0.4, 0.5) is 9.93 Å². The van der Waals surface area contributed by atoms with Gasteiger partial charge >= 0.3 is 6.03 Å². The van der Waals surface area contributed by atoms with Crippen LogP contribution in [0.5, 0.6) is 0 Å². The summed E-state index contributed by atoms with van der Waals surface area (Å²) in [5, 5.41) is 24.5. The molecule has 1 aliphatic rings. The van der Waals surface area contributed by atoms with Crippen LogP contribution in [0.25, 0.3) is 10.6 Å². The molecule has 2 amide bonds. The first kappa shape index (κ1) is 14.9. The molecule has 0 spiro atoms. The van der Waals surface area contributed by atoms with E-state index in [4.69, 9.17) is 0 Å². The number of carbonyl (C=O) groups excluding carboxylic acids is 1. The van der Waals surface area contributed by atoms with E-state index >= 15 is 0 Å². The Bertz CT molecular complexity index is 631. The molecule has 1 heterocycles. The van der Waals surface area contributed by atoms with E-state index in [0.717, 1.165) is 29.8 Å². The van der Waals surface area contributed by atoms with Crippen molar-refractivity contribution in [2.24, 2.45) is 5.92 Å². The second-order valence-corrected chi connectivity index (χ2v) is 6.35. The topological polar surface area (TPSA) is 87.1 Å². The highest BCUT2D eigenvalue weighted by Crippen LogP contribution is 2.26. The highest BCUT2D eigenvalue weighted by molar-refractivity contribution is 7.18. The molecule has 7 heteroatoms. The summed E-state index contributed by atoms with van der Waals surface area (Å²) in [5.41, 5.74) is 0.975. The van der Waals surface area contributed by atoms with Crippen LogP contribution in [0.15, 0.2) is 30.3 Å². The Labute approximate surface area is 132 Å². The number of anilines is 1. The first-order chi connectivity index (χ1) is 10.7. The van der Waals surface area contributed by atoms with Gasteiger partial charge in [-0.2, -0.15) is 0 Å². The van der Waals surface area contributed by atoms with Gasteiger partial charge in [0.2, 0.25) is 5.13 Å². The van der Waals surface area contributed by atoms with Crippen molar-refractivity contribution in [1.82, 2.24) is 15.5 Å². The second-order valence-electron chi connectivity index (χ2n) is 5.37. The molecule has 6 nitrogen and oxygen atoms in total. The van der Waals surface area contributed by atoms with Crippen molar-refractivity contribution < 1.29 is 9.90 Å². The van der Waals surface area contributed by atoms with Gasteiger partial charge in [0.05, 0.1) is 6.10 Å². The van der Waals surface area contributed by atoms with Crippen LogP contribution < -0.4 is 10.6 Å². The van der Waals surface area contributed by atoms with Gasteiger partial charge in [-0.25, -0.2) is 4.79 Å². The van der Waals surface area contributed by atoms with Crippen LogP contribution in [0, 0.1) is 5.92 Å². The van der Waals surface area contributed by atoms with Crippen molar-refractivity contribution in [3.8, 4) is 10.6 Å². The molecule has 1 saturated carbocycles. The number of aliphatic hydroxyl groups excluding tert-OH is 1. The molecule has 0 saturated heterocycles. The van der Waals surface area contributed by atoms with E-state index in [-0.39, 0.29) is 18.1 Å². The minimum absolute atomic E-state index is 0.153. The molecular weight excluding hydrogens is 300 g/mol. The molecule has 116 valence electrons. The molecule has 2 aromatic rings. The molecule has 0 bridgehead atoms. The maximum Gasteiger partial charge on any atom is 0.321 e. The molecule has 0 radical (unpaired) electrons. The molecule has 1 fully saturated rings. The lowest BCUT2D eigenvalue weighted by Gasteiger charge is -2.14. The van der Waals surface area contributed by atoms with E-state index < -0.39 is 0 Å². The number of hydrogen-bond donors (Lipinski definition) is 3. The van der Waals surface area contributed by atoms with Gasteiger partial charge in [-0.15, -0.1) is 10.2 Å². The standard InChI is InChI=1S/C15H18N4O2S/c20-12-8-4-7-11(12)9-16-14(21)17-15-19-18-13(22-15)10-5-2-1-3-6-10/h1-3,5-6,11-12,20H,4,7-9H2,(H2,16,17,19,21). The van der Waals surface area contributed by atoms with Crippen molar-refractivity contribution in [3.05, 3.63) is 30.3 Å². The van der Waals surface area contributed by atoms with Crippen LogP contribution in [-0.4, -0.2) is 34.0 Å². The predicted octanol–water partition coefficient (Wildman–Crippen LogP) is 2.49. The van der Waals surface area contributed by atoms with E-state index in [1.165, 1.54) is 11.3 Å². The van der Waals surface area contributed by atoms with Gasteiger partial charge < -0.3 is 10.4 Å². The van der Waals surface area contributed by atoms with Crippen molar-refractivity contribution in [3.63, 3.8) is 0 Å². The Hall–Kier alpha value is -1.99. The largest absolute Gasteiger partial charge is 0.393 e. The van der Waals surface area contributed by atoms with E-state index in [1.54, 1.807) is 0 Å². The summed E-state index contributed by atoms with van der Waals surface area (Å²) < 4.78 is 0. The van der Waals surface area contributed by atoms with Gasteiger partial charge in [0.1, 0.15) is 5.01 Å². The summed E-state index contributed by atoms with van der Waals surface area (Å²) in [6.45, 7) is 0.483. The van der Waals surface area contributed by atoms with Gasteiger partial charge in [0, 0.05) is 18.0 Å². The average Bonchev–Trinajstić information content (AvgIpc) is 3.15. The van der Waals surface area contributed by atoms with Crippen LogP contribution in [0.3, 0.4) is 0 Å². The SMILES string of the molecule is O=C(NCC1CCCC1O)Nc1nnc(-c2ccccc2)s1. The molecule has 0 aliphatic heterocycles. The first-order valence-electron chi connectivity index (χ1n) is 7.34. The predicted molar refractivity (Wildman–Crippen MR) is 85.7 cm³/mol. The molecule has 1 aromatic carbocycles. The third kappa shape index (κ3) is 3.61. The van der Waals surface area contributed by atoms with E-state index in [0.29, 0.717) is 11.7 Å². The van der Waals surface area contributed by atoms with Crippen LogP contribution >= 0.6 is 11.3 Å². The van der Waals surface area contributed by atoms with Gasteiger partial charge in [0.15, 0.2) is 0 Å². The quantitative estimate of drug-likeness (QED) is 0.808. The summed E-state index contributed by atoms with van der Waals surface area (Å²) >= 11 is 1.33. The molecule has 3 N–H and O–H groups in total.